The van der Waals surface area contributed by atoms with Crippen molar-refractivity contribution in [2.75, 3.05) is 0 Å². The fourth-order valence-corrected chi connectivity index (χ4v) is 2.18. The predicted molar refractivity (Wildman–Crippen MR) is 54.9 cm³/mol. The number of hydrogen-bond donors (Lipinski definition) is 2. The number of sulfonamides is 1. The van der Waals surface area contributed by atoms with Crippen molar-refractivity contribution in [1.82, 2.24) is 4.98 Å². The van der Waals surface area contributed by atoms with Crippen LogP contribution in [0.15, 0.2) is 11.1 Å². The summed E-state index contributed by atoms with van der Waals surface area (Å²) < 4.78 is 46.2. The van der Waals surface area contributed by atoms with Gasteiger partial charge in [0.25, 0.3) is 16.4 Å². The number of pyridine rings is 1. The van der Waals surface area contributed by atoms with Gasteiger partial charge in [-0.05, 0) is 28.7 Å². The molecule has 0 bridgehead atoms. The van der Waals surface area contributed by atoms with E-state index in [9.17, 15) is 22.3 Å². The van der Waals surface area contributed by atoms with Crippen LogP contribution in [0.25, 0.3) is 0 Å². The summed E-state index contributed by atoms with van der Waals surface area (Å²) in [7, 11) is -4.31. The lowest BCUT2D eigenvalue weighted by Gasteiger charge is -2.06. The Morgan fingerprint density at radius 2 is 2.07 bits per heavy atom. The van der Waals surface area contributed by atoms with Crippen molar-refractivity contribution in [3.05, 3.63) is 15.3 Å². The van der Waals surface area contributed by atoms with E-state index >= 15 is 0 Å². The van der Waals surface area contributed by atoms with Gasteiger partial charge in [-0.3, -0.25) is 0 Å². The van der Waals surface area contributed by atoms with Gasteiger partial charge in [0.2, 0.25) is 5.03 Å². The van der Waals surface area contributed by atoms with Crippen LogP contribution in [0.2, 0.25) is 0 Å². The van der Waals surface area contributed by atoms with Crippen LogP contribution in [0.4, 0.5) is 8.78 Å². The third kappa shape index (κ3) is 2.72. The highest BCUT2D eigenvalue weighted by atomic mass is 127. The molecule has 1 aromatic heterocycles. The number of hydrogen-bond acceptors (Lipinski definition) is 4. The molecule has 0 fully saturated rings. The minimum absolute atomic E-state index is 0.0538. The Morgan fingerprint density at radius 1 is 1.53 bits per heavy atom. The van der Waals surface area contributed by atoms with Gasteiger partial charge in [-0.1, -0.05) is 0 Å². The molecule has 84 valence electrons. The van der Waals surface area contributed by atoms with Crippen LogP contribution in [0, 0.1) is 3.57 Å². The van der Waals surface area contributed by atoms with Gasteiger partial charge in [0.1, 0.15) is 5.69 Å². The van der Waals surface area contributed by atoms with Crippen LogP contribution >= 0.6 is 22.6 Å². The minimum Gasteiger partial charge on any atom is -0.504 e. The first-order valence-electron chi connectivity index (χ1n) is 3.44. The van der Waals surface area contributed by atoms with Gasteiger partial charge in [0.15, 0.2) is 5.75 Å². The van der Waals surface area contributed by atoms with E-state index in [-0.39, 0.29) is 3.57 Å². The molecule has 0 saturated carbocycles. The Labute approximate surface area is 97.5 Å². The molecule has 9 heteroatoms. The third-order valence-corrected chi connectivity index (χ3v) is 3.07. The smallest absolute Gasteiger partial charge is 0.280 e. The Morgan fingerprint density at radius 3 is 2.47 bits per heavy atom. The van der Waals surface area contributed by atoms with Crippen LogP contribution < -0.4 is 5.14 Å². The second kappa shape index (κ2) is 4.14. The maximum Gasteiger partial charge on any atom is 0.280 e. The maximum absolute atomic E-state index is 12.3. The molecule has 15 heavy (non-hydrogen) atoms. The SMILES string of the molecule is NS(=O)(=O)c1nc(C(F)F)cc(I)c1O. The molecule has 5 nitrogen and oxygen atoms in total. The number of aromatic hydroxyl groups is 1. The van der Waals surface area contributed by atoms with Gasteiger partial charge in [-0.2, -0.15) is 0 Å². The molecule has 0 amide bonds. The first kappa shape index (κ1) is 12.5. The van der Waals surface area contributed by atoms with Crippen LogP contribution in [0.3, 0.4) is 0 Å². The van der Waals surface area contributed by atoms with Gasteiger partial charge in [0.05, 0.1) is 3.57 Å². The molecule has 3 N–H and O–H groups in total. The van der Waals surface area contributed by atoms with Gasteiger partial charge in [-0.25, -0.2) is 27.3 Å². The summed E-state index contributed by atoms with van der Waals surface area (Å²) >= 11 is 1.51. The number of alkyl halides is 2. The lowest BCUT2D eigenvalue weighted by Crippen LogP contribution is -2.15. The van der Waals surface area contributed by atoms with Crippen molar-refractivity contribution < 1.29 is 22.3 Å². The zero-order valence-corrected chi connectivity index (χ0v) is 9.96. The Bertz CT molecular complexity index is 491. The summed E-state index contributed by atoms with van der Waals surface area (Å²) in [6.07, 6.45) is -2.93. The number of primary sulfonamides is 1. The van der Waals surface area contributed by atoms with Gasteiger partial charge >= 0.3 is 0 Å². The Hall–Kier alpha value is -0.550. The highest BCUT2D eigenvalue weighted by molar-refractivity contribution is 14.1. The van der Waals surface area contributed by atoms with Crippen LogP contribution in [-0.4, -0.2) is 18.5 Å². The van der Waals surface area contributed by atoms with Crippen LogP contribution in [0.1, 0.15) is 12.1 Å². The quantitative estimate of drug-likeness (QED) is 0.778. The predicted octanol–water partition coefficient (Wildman–Crippen LogP) is 0.977. The van der Waals surface area contributed by atoms with Crippen molar-refractivity contribution in [3.8, 4) is 5.75 Å². The number of rotatable bonds is 2. The standard InChI is InChI=1S/C6H5F2IN2O3S/c7-5(8)3-1-2(9)4(12)6(11-3)15(10,13)14/h1,5,12H,(H2,10,13,14). The molecule has 0 saturated heterocycles. The first-order chi connectivity index (χ1) is 6.73. The average Bonchev–Trinajstić information content (AvgIpc) is 2.06. The Balaban J connectivity index is 3.52. The zero-order valence-electron chi connectivity index (χ0n) is 6.99. The van der Waals surface area contributed by atoms with E-state index in [1.807, 2.05) is 0 Å². The minimum atomic E-state index is -4.31. The number of nitrogens with zero attached hydrogens (tertiary/aromatic N) is 1. The van der Waals surface area contributed by atoms with Gasteiger partial charge in [0, 0.05) is 0 Å². The summed E-state index contributed by atoms with van der Waals surface area (Å²) in [6.45, 7) is 0. The normalized spacial score (nSPS) is 12.1. The van der Waals surface area contributed by atoms with E-state index in [1.54, 1.807) is 0 Å². The largest absolute Gasteiger partial charge is 0.504 e. The highest BCUT2D eigenvalue weighted by Gasteiger charge is 2.22. The van der Waals surface area contributed by atoms with E-state index in [4.69, 9.17) is 5.14 Å². The molecule has 1 aromatic rings. The molecular weight excluding hydrogens is 345 g/mol. The average molecular weight is 350 g/mol. The van der Waals surface area contributed by atoms with E-state index in [1.165, 1.54) is 22.6 Å². The molecule has 0 aliphatic heterocycles. The molecule has 0 aromatic carbocycles. The topological polar surface area (TPSA) is 93.3 Å². The lowest BCUT2D eigenvalue weighted by atomic mass is 10.3. The van der Waals surface area contributed by atoms with E-state index in [0.29, 0.717) is 0 Å². The molecule has 1 rings (SSSR count). The number of aromatic nitrogens is 1. The Kier molecular flexibility index (Phi) is 3.45. The number of halogens is 3. The molecule has 0 aliphatic rings. The first-order valence-corrected chi connectivity index (χ1v) is 6.06. The van der Waals surface area contributed by atoms with Crippen LogP contribution in [-0.2, 0) is 10.0 Å². The summed E-state index contributed by atoms with van der Waals surface area (Å²) in [5, 5.41) is 13.0. The van der Waals surface area contributed by atoms with Crippen molar-refractivity contribution in [3.63, 3.8) is 0 Å². The van der Waals surface area contributed by atoms with Gasteiger partial charge in [-0.15, -0.1) is 0 Å². The van der Waals surface area contributed by atoms with Crippen molar-refractivity contribution in [2.45, 2.75) is 11.5 Å². The monoisotopic (exact) mass is 350 g/mol. The fourth-order valence-electron chi connectivity index (χ4n) is 0.813. The summed E-state index contributed by atoms with van der Waals surface area (Å²) in [6, 6.07) is 0.884. The molecule has 0 atom stereocenters. The molecule has 0 aliphatic carbocycles. The molecule has 0 radical (unpaired) electrons. The van der Waals surface area contributed by atoms with E-state index in [2.05, 4.69) is 4.98 Å². The summed E-state index contributed by atoms with van der Waals surface area (Å²) in [4.78, 5) is 3.09. The number of nitrogens with two attached hydrogens (primary N) is 1. The summed E-state index contributed by atoms with van der Waals surface area (Å²) in [5.41, 5.74) is -0.749. The zero-order chi connectivity index (χ0) is 11.8. The van der Waals surface area contributed by atoms with E-state index < -0.39 is 32.9 Å². The molecule has 1 heterocycles. The van der Waals surface area contributed by atoms with Crippen LogP contribution in [0.5, 0.6) is 5.75 Å². The molecule has 0 unspecified atom stereocenters. The molecular formula is C6H5F2IN2O3S. The van der Waals surface area contributed by atoms with Crippen molar-refractivity contribution in [2.24, 2.45) is 5.14 Å². The lowest BCUT2D eigenvalue weighted by molar-refractivity contribution is 0.145. The molecule has 0 spiro atoms. The maximum atomic E-state index is 12.3. The van der Waals surface area contributed by atoms with Crippen molar-refractivity contribution >= 4 is 32.6 Å². The van der Waals surface area contributed by atoms with E-state index in [0.717, 1.165) is 6.07 Å². The van der Waals surface area contributed by atoms with Gasteiger partial charge < -0.3 is 5.11 Å². The fraction of sp³-hybridized carbons (Fsp3) is 0.167. The second-order valence-electron chi connectivity index (χ2n) is 2.53. The summed E-state index contributed by atoms with van der Waals surface area (Å²) in [5.74, 6) is -0.720. The third-order valence-electron chi connectivity index (χ3n) is 1.43. The second-order valence-corrected chi connectivity index (χ2v) is 5.17. The highest BCUT2D eigenvalue weighted by Crippen LogP contribution is 2.29. The van der Waals surface area contributed by atoms with Crippen molar-refractivity contribution in [1.29, 1.82) is 0 Å².